The van der Waals surface area contributed by atoms with Crippen LogP contribution in [0.15, 0.2) is 24.4 Å². The maximum absolute atomic E-state index is 11.7. The first-order valence-corrected chi connectivity index (χ1v) is 7.21. The third-order valence-corrected chi connectivity index (χ3v) is 4.19. The summed E-state index contributed by atoms with van der Waals surface area (Å²) in [6, 6.07) is 5.67. The van der Waals surface area contributed by atoms with Gasteiger partial charge in [-0.1, -0.05) is 5.92 Å². The van der Waals surface area contributed by atoms with Crippen LogP contribution < -0.4 is 11.1 Å². The predicted octanol–water partition coefficient (Wildman–Crippen LogP) is 1.88. The number of nitrogens with zero attached hydrogens (tertiary/aromatic N) is 2. The minimum absolute atomic E-state index is 0.117. The van der Waals surface area contributed by atoms with Gasteiger partial charge in [-0.25, -0.2) is 0 Å². The fraction of sp³-hybridized carbons (Fsp3) is 0.118. The minimum atomic E-state index is -0.623. The number of H-pyrrole nitrogens is 1. The Morgan fingerprint density at radius 1 is 1.26 bits per heavy atom. The van der Waals surface area contributed by atoms with E-state index < -0.39 is 5.91 Å². The first kappa shape index (κ1) is 13.3. The van der Waals surface area contributed by atoms with Crippen molar-refractivity contribution in [1.29, 1.82) is 0 Å². The summed E-state index contributed by atoms with van der Waals surface area (Å²) in [5.74, 6) is 2.08. The number of rotatable bonds is 3. The topological polar surface area (TPSA) is 96.7 Å². The van der Waals surface area contributed by atoms with Crippen LogP contribution in [0.4, 0.5) is 11.4 Å². The van der Waals surface area contributed by atoms with Crippen molar-refractivity contribution in [2.75, 3.05) is 5.32 Å². The number of aromatic nitrogens is 3. The van der Waals surface area contributed by atoms with E-state index in [-0.39, 0.29) is 5.69 Å². The maximum atomic E-state index is 11.7. The third kappa shape index (κ3) is 1.94. The lowest BCUT2D eigenvalue weighted by Crippen LogP contribution is -2.18. The molecule has 0 atom stereocenters. The number of hydrogen-bond acceptors (Lipinski definition) is 4. The molecule has 1 aliphatic carbocycles. The Labute approximate surface area is 132 Å². The van der Waals surface area contributed by atoms with Crippen LogP contribution in [0.3, 0.4) is 0 Å². The maximum Gasteiger partial charge on any atom is 0.271 e. The number of hydrogen-bond donors (Lipinski definition) is 3. The molecule has 2 heterocycles. The van der Waals surface area contributed by atoms with Crippen molar-refractivity contribution >= 4 is 28.3 Å². The highest BCUT2D eigenvalue weighted by atomic mass is 16.1. The number of aromatic amines is 1. The molecule has 0 spiro atoms. The summed E-state index contributed by atoms with van der Waals surface area (Å²) in [7, 11) is 0. The first-order valence-electron chi connectivity index (χ1n) is 7.21. The van der Waals surface area contributed by atoms with Gasteiger partial charge in [0, 0.05) is 22.8 Å². The predicted molar refractivity (Wildman–Crippen MR) is 87.5 cm³/mol. The third-order valence-electron chi connectivity index (χ3n) is 4.19. The van der Waals surface area contributed by atoms with Crippen LogP contribution in [-0.4, -0.2) is 21.1 Å². The van der Waals surface area contributed by atoms with Crippen molar-refractivity contribution in [1.82, 2.24) is 15.2 Å². The second kappa shape index (κ2) is 4.85. The fourth-order valence-electron chi connectivity index (χ4n) is 2.95. The van der Waals surface area contributed by atoms with Crippen molar-refractivity contribution in [3.8, 4) is 12.3 Å². The van der Waals surface area contributed by atoms with Crippen LogP contribution in [0, 0.1) is 12.3 Å². The molecule has 23 heavy (non-hydrogen) atoms. The molecule has 3 aromatic rings. The molecule has 0 unspecified atom stereocenters. The van der Waals surface area contributed by atoms with E-state index in [0.29, 0.717) is 11.3 Å². The average molecular weight is 303 g/mol. The quantitative estimate of drug-likeness (QED) is 0.644. The van der Waals surface area contributed by atoms with E-state index in [4.69, 9.17) is 12.2 Å². The Bertz CT molecular complexity index is 996. The Hall–Kier alpha value is -3.33. The minimum Gasteiger partial charge on any atom is -0.364 e. The standard InChI is InChI=1S/C17H13N5O/c1-2-9-3-6-13(11-5-4-10(9)11)20-14-12-7-8-19-17(12)22-21-15(14)16(18)23/h1,3,6-8H,4-5H2,(H2,18,23)(H2,19,20,22). The van der Waals surface area contributed by atoms with E-state index in [9.17, 15) is 4.79 Å². The number of terminal acetylenes is 1. The normalized spacial score (nSPS) is 12.3. The fourth-order valence-corrected chi connectivity index (χ4v) is 2.95. The van der Waals surface area contributed by atoms with Crippen LogP contribution in [0.25, 0.3) is 11.0 Å². The molecule has 112 valence electrons. The molecule has 6 nitrogen and oxygen atoms in total. The number of carbonyl (C=O) groups excluding carboxylic acids is 1. The molecule has 0 aliphatic heterocycles. The largest absolute Gasteiger partial charge is 0.364 e. The summed E-state index contributed by atoms with van der Waals surface area (Å²) in [6.45, 7) is 0. The molecule has 0 saturated heterocycles. The lowest BCUT2D eigenvalue weighted by atomic mass is 9.83. The average Bonchev–Trinajstić information content (AvgIpc) is 2.97. The van der Waals surface area contributed by atoms with Gasteiger partial charge in [0.2, 0.25) is 0 Å². The van der Waals surface area contributed by atoms with E-state index in [1.807, 2.05) is 18.2 Å². The number of fused-ring (bicyclic) bond motifs is 2. The molecule has 4 rings (SSSR count). The smallest absolute Gasteiger partial charge is 0.271 e. The lowest BCUT2D eigenvalue weighted by Gasteiger charge is -2.25. The molecule has 1 aliphatic rings. The SMILES string of the molecule is C#Cc1ccc(Nc2c(C(N)=O)nnc3[nH]ccc23)c2c1CC2. The van der Waals surface area contributed by atoms with Gasteiger partial charge in [0.05, 0.1) is 5.69 Å². The summed E-state index contributed by atoms with van der Waals surface area (Å²) in [6.07, 6.45) is 9.20. The summed E-state index contributed by atoms with van der Waals surface area (Å²) in [5, 5.41) is 12.0. The number of amides is 1. The Morgan fingerprint density at radius 2 is 2.09 bits per heavy atom. The molecule has 1 aromatic carbocycles. The van der Waals surface area contributed by atoms with E-state index in [1.165, 1.54) is 11.1 Å². The van der Waals surface area contributed by atoms with Crippen molar-refractivity contribution in [3.63, 3.8) is 0 Å². The monoisotopic (exact) mass is 303 g/mol. The van der Waals surface area contributed by atoms with Gasteiger partial charge < -0.3 is 16.0 Å². The number of carbonyl (C=O) groups is 1. The second-order valence-corrected chi connectivity index (χ2v) is 5.41. The Morgan fingerprint density at radius 3 is 2.78 bits per heavy atom. The van der Waals surface area contributed by atoms with Gasteiger partial charge in [0.25, 0.3) is 5.91 Å². The molecule has 2 aromatic heterocycles. The van der Waals surface area contributed by atoms with E-state index in [1.54, 1.807) is 6.20 Å². The van der Waals surface area contributed by atoms with E-state index in [2.05, 4.69) is 26.4 Å². The van der Waals surface area contributed by atoms with Crippen molar-refractivity contribution < 1.29 is 4.79 Å². The van der Waals surface area contributed by atoms with E-state index >= 15 is 0 Å². The molecular formula is C17H13N5O. The van der Waals surface area contributed by atoms with Crippen LogP contribution in [0.1, 0.15) is 27.2 Å². The van der Waals surface area contributed by atoms with E-state index in [0.717, 1.165) is 29.5 Å². The number of benzene rings is 1. The summed E-state index contributed by atoms with van der Waals surface area (Å²) >= 11 is 0. The van der Waals surface area contributed by atoms with Crippen LogP contribution in [0.5, 0.6) is 0 Å². The van der Waals surface area contributed by atoms with Crippen molar-refractivity contribution in [2.45, 2.75) is 12.8 Å². The molecule has 0 bridgehead atoms. The van der Waals surface area contributed by atoms with Crippen LogP contribution in [-0.2, 0) is 12.8 Å². The molecule has 0 saturated carbocycles. The zero-order chi connectivity index (χ0) is 16.0. The first-order chi connectivity index (χ1) is 11.2. The molecule has 0 radical (unpaired) electrons. The van der Waals surface area contributed by atoms with Gasteiger partial charge in [0.1, 0.15) is 0 Å². The number of primary amides is 1. The molecule has 4 N–H and O–H groups in total. The van der Waals surface area contributed by atoms with Gasteiger partial charge in [0.15, 0.2) is 11.3 Å². The highest BCUT2D eigenvalue weighted by Crippen LogP contribution is 2.36. The highest BCUT2D eigenvalue weighted by molar-refractivity contribution is 6.05. The Balaban J connectivity index is 1.87. The number of nitrogens with one attached hydrogen (secondary N) is 2. The van der Waals surface area contributed by atoms with Gasteiger partial charge in [-0.3, -0.25) is 4.79 Å². The van der Waals surface area contributed by atoms with Gasteiger partial charge in [-0.15, -0.1) is 16.6 Å². The zero-order valence-corrected chi connectivity index (χ0v) is 12.2. The molecule has 0 fully saturated rings. The summed E-state index contributed by atoms with van der Waals surface area (Å²) in [5.41, 5.74) is 10.9. The van der Waals surface area contributed by atoms with Crippen molar-refractivity contribution in [3.05, 3.63) is 46.8 Å². The molecule has 6 heteroatoms. The van der Waals surface area contributed by atoms with Crippen molar-refractivity contribution in [2.24, 2.45) is 5.73 Å². The number of nitrogens with two attached hydrogens (primary N) is 1. The molecule has 1 amide bonds. The van der Waals surface area contributed by atoms with Gasteiger partial charge in [-0.2, -0.15) is 0 Å². The summed E-state index contributed by atoms with van der Waals surface area (Å²) in [4.78, 5) is 14.7. The second-order valence-electron chi connectivity index (χ2n) is 5.41. The highest BCUT2D eigenvalue weighted by Gasteiger charge is 2.23. The van der Waals surface area contributed by atoms with Gasteiger partial charge in [-0.05, 0) is 42.2 Å². The van der Waals surface area contributed by atoms with Crippen LogP contribution in [0.2, 0.25) is 0 Å². The lowest BCUT2D eigenvalue weighted by molar-refractivity contribution is 0.0995. The van der Waals surface area contributed by atoms with Crippen LogP contribution >= 0.6 is 0 Å². The molecular weight excluding hydrogens is 290 g/mol. The number of anilines is 2. The summed E-state index contributed by atoms with van der Waals surface area (Å²) < 4.78 is 0. The zero-order valence-electron chi connectivity index (χ0n) is 12.2. The van der Waals surface area contributed by atoms with Gasteiger partial charge >= 0.3 is 0 Å². The Kier molecular flexibility index (Phi) is 2.81.